The maximum atomic E-state index is 13.6. The molecular formula is C30H21N5O5S. The summed E-state index contributed by atoms with van der Waals surface area (Å²) < 4.78 is 0. The highest BCUT2D eigenvalue weighted by Crippen LogP contribution is 2.66. The fraction of sp³-hybridized carbons (Fsp3) is 0.200. The second-order valence-electron chi connectivity index (χ2n) is 11.0. The standard InChI is InChI=1S/C30H21N5O5S/c1-13-6-24-18(30-19(28(30)37)12-31-27(13)30)11-25(41-24)26(36)22-9-14-7-16(2-4-20(14)33-22)32-29(38)23-10-15-8-17(35(39)40)3-5-21(15)34-23/h2-5,7-13,24-25,33-34H,6H2,1H3,(H,32,38)/t13-,24+,25?,30?/m1/s1. The van der Waals surface area contributed by atoms with Gasteiger partial charge in [0, 0.05) is 62.4 Å². The van der Waals surface area contributed by atoms with Crippen LogP contribution in [0.4, 0.5) is 11.4 Å². The van der Waals surface area contributed by atoms with Crippen LogP contribution in [0.2, 0.25) is 0 Å². The number of fused-ring (bicyclic) bond motifs is 3. The smallest absolute Gasteiger partial charge is 0.272 e. The van der Waals surface area contributed by atoms with Crippen molar-refractivity contribution in [3.8, 4) is 0 Å². The Kier molecular flexibility index (Phi) is 4.77. The lowest BCUT2D eigenvalue weighted by Crippen LogP contribution is -2.36. The molecule has 4 aromatic rings. The molecule has 2 aromatic heterocycles. The third kappa shape index (κ3) is 3.32. The van der Waals surface area contributed by atoms with Crippen LogP contribution in [0, 0.1) is 21.4 Å². The highest BCUT2D eigenvalue weighted by atomic mass is 32.2. The van der Waals surface area contributed by atoms with Crippen molar-refractivity contribution < 1.29 is 19.3 Å². The van der Waals surface area contributed by atoms with Gasteiger partial charge in [0.2, 0.25) is 0 Å². The number of aromatic amines is 2. The Labute approximate surface area is 236 Å². The molecule has 10 nitrogen and oxygen atoms in total. The van der Waals surface area contributed by atoms with Gasteiger partial charge in [0.05, 0.1) is 15.9 Å². The van der Waals surface area contributed by atoms with Crippen LogP contribution in [0.5, 0.6) is 0 Å². The first-order valence-corrected chi connectivity index (χ1v) is 14.1. The van der Waals surface area contributed by atoms with Crippen molar-refractivity contribution in [2.24, 2.45) is 16.3 Å². The second kappa shape index (κ2) is 8.14. The molecule has 2 saturated carbocycles. The van der Waals surface area contributed by atoms with E-state index in [4.69, 9.17) is 0 Å². The molecule has 1 amide bonds. The minimum absolute atomic E-state index is 0.0494. The predicted octanol–water partition coefficient (Wildman–Crippen LogP) is 5.35. The van der Waals surface area contributed by atoms with Gasteiger partial charge in [-0.05, 0) is 54.3 Å². The molecule has 1 spiro atoms. The SMILES string of the molecule is C[C@@H]1C[C@@H]2SC(C(=O)c3cc4cc(NC(=O)c5cc6cc([N+](=O)[O-])ccc6[nH]5)ccc4[nH]3)C=C2C23C(=O)C2=CN=C13. The quantitative estimate of drug-likeness (QED) is 0.129. The monoisotopic (exact) mass is 563 g/mol. The van der Waals surface area contributed by atoms with Crippen molar-refractivity contribution in [1.82, 2.24) is 9.97 Å². The number of aromatic nitrogens is 2. The summed E-state index contributed by atoms with van der Waals surface area (Å²) in [4.78, 5) is 60.6. The van der Waals surface area contributed by atoms with Gasteiger partial charge in [0.15, 0.2) is 11.6 Å². The molecule has 2 aliphatic heterocycles. The normalized spacial score (nSPS) is 25.7. The molecule has 4 heterocycles. The molecule has 0 bridgehead atoms. The zero-order chi connectivity index (χ0) is 28.2. The lowest BCUT2D eigenvalue weighted by atomic mass is 9.73. The number of nitro groups is 1. The number of rotatable bonds is 5. The molecule has 2 aliphatic carbocycles. The van der Waals surface area contributed by atoms with Gasteiger partial charge >= 0.3 is 0 Å². The first-order chi connectivity index (χ1) is 19.7. The maximum Gasteiger partial charge on any atom is 0.272 e. The van der Waals surface area contributed by atoms with E-state index in [0.29, 0.717) is 22.3 Å². The second-order valence-corrected chi connectivity index (χ2v) is 12.3. The minimum atomic E-state index is -0.669. The Hall–Kier alpha value is -4.77. The topological polar surface area (TPSA) is 150 Å². The molecular weight excluding hydrogens is 542 g/mol. The van der Waals surface area contributed by atoms with Crippen molar-refractivity contribution in [3.63, 3.8) is 0 Å². The van der Waals surface area contributed by atoms with Crippen LogP contribution in [-0.4, -0.2) is 48.6 Å². The number of Topliss-reactive ketones (excluding diaryl/α,β-unsaturated/α-hetero) is 2. The number of carbonyl (C=O) groups excluding carboxylic acids is 3. The van der Waals surface area contributed by atoms with Crippen molar-refractivity contribution in [2.75, 3.05) is 5.32 Å². The minimum Gasteiger partial charge on any atom is -0.352 e. The van der Waals surface area contributed by atoms with Crippen LogP contribution in [0.3, 0.4) is 0 Å². The lowest BCUT2D eigenvalue weighted by molar-refractivity contribution is -0.384. The number of nitrogens with one attached hydrogen (secondary N) is 3. The number of benzene rings is 2. The number of carbonyl (C=O) groups is 3. The summed E-state index contributed by atoms with van der Waals surface area (Å²) in [5, 5.41) is 15.0. The number of H-pyrrole nitrogens is 2. The van der Waals surface area contributed by atoms with Crippen LogP contribution in [0.25, 0.3) is 21.8 Å². The summed E-state index contributed by atoms with van der Waals surface area (Å²) in [6.45, 7) is 2.10. The van der Waals surface area contributed by atoms with Gasteiger partial charge in [-0.15, -0.1) is 11.8 Å². The van der Waals surface area contributed by atoms with Crippen LogP contribution in [0.1, 0.15) is 34.3 Å². The van der Waals surface area contributed by atoms with Gasteiger partial charge in [-0.25, -0.2) is 0 Å². The number of ketones is 2. The van der Waals surface area contributed by atoms with Crippen LogP contribution in [0.15, 0.2) is 76.9 Å². The number of hydrogen-bond donors (Lipinski definition) is 3. The first-order valence-electron chi connectivity index (χ1n) is 13.2. The van der Waals surface area contributed by atoms with Crippen molar-refractivity contribution >= 4 is 68.1 Å². The molecule has 0 saturated heterocycles. The summed E-state index contributed by atoms with van der Waals surface area (Å²) in [7, 11) is 0. The number of non-ortho nitro benzene ring substituents is 1. The Bertz CT molecular complexity index is 2020. The largest absolute Gasteiger partial charge is 0.352 e. The number of thioether (sulfide) groups is 1. The van der Waals surface area contributed by atoms with Gasteiger partial charge in [-0.2, -0.15) is 0 Å². The molecule has 41 heavy (non-hydrogen) atoms. The van der Waals surface area contributed by atoms with Gasteiger partial charge in [0.25, 0.3) is 11.6 Å². The van der Waals surface area contributed by atoms with E-state index in [1.54, 1.807) is 54.4 Å². The number of allylic oxidation sites excluding steroid dienone is 1. The number of nitro benzene ring substituents is 1. The first kappa shape index (κ1) is 24.1. The molecule has 2 unspecified atom stereocenters. The van der Waals surface area contributed by atoms with E-state index >= 15 is 0 Å². The molecule has 2 aromatic carbocycles. The lowest BCUT2D eigenvalue weighted by Gasteiger charge is -2.32. The van der Waals surface area contributed by atoms with E-state index in [2.05, 4.69) is 27.2 Å². The molecule has 3 N–H and O–H groups in total. The summed E-state index contributed by atoms with van der Waals surface area (Å²) >= 11 is 1.61. The fourth-order valence-electron chi connectivity index (χ4n) is 6.58. The van der Waals surface area contributed by atoms with Gasteiger partial charge in [-0.1, -0.05) is 13.0 Å². The number of hydrogen-bond acceptors (Lipinski definition) is 7. The van der Waals surface area contributed by atoms with Crippen LogP contribution < -0.4 is 5.32 Å². The molecule has 0 radical (unpaired) electrons. The number of aliphatic imine (C=N–C) groups is 1. The highest BCUT2D eigenvalue weighted by Gasteiger charge is 2.72. The third-order valence-corrected chi connectivity index (χ3v) is 9.98. The van der Waals surface area contributed by atoms with Gasteiger partial charge < -0.3 is 15.3 Å². The Morgan fingerprint density at radius 3 is 2.59 bits per heavy atom. The zero-order valence-corrected chi connectivity index (χ0v) is 22.4. The summed E-state index contributed by atoms with van der Waals surface area (Å²) in [6, 6.07) is 13.1. The summed E-state index contributed by atoms with van der Waals surface area (Å²) in [6.07, 6.45) is 4.54. The van der Waals surface area contributed by atoms with Crippen molar-refractivity contribution in [1.29, 1.82) is 0 Å². The van der Waals surface area contributed by atoms with E-state index in [1.165, 1.54) is 12.1 Å². The molecule has 2 fully saturated rings. The Balaban J connectivity index is 1.03. The van der Waals surface area contributed by atoms with Crippen molar-refractivity contribution in [3.05, 3.63) is 93.5 Å². The molecule has 202 valence electrons. The Morgan fingerprint density at radius 2 is 1.80 bits per heavy atom. The van der Waals surface area contributed by atoms with E-state index in [0.717, 1.165) is 34.2 Å². The summed E-state index contributed by atoms with van der Waals surface area (Å²) in [5.41, 5.74) is 4.67. The van der Waals surface area contributed by atoms with Gasteiger partial charge in [0.1, 0.15) is 11.1 Å². The molecule has 8 rings (SSSR count). The maximum absolute atomic E-state index is 13.6. The number of amides is 1. The number of anilines is 1. The third-order valence-electron chi connectivity index (χ3n) is 8.56. The fourth-order valence-corrected chi connectivity index (χ4v) is 8.21. The highest BCUT2D eigenvalue weighted by molar-refractivity contribution is 8.01. The number of nitrogens with zero attached hydrogens (tertiary/aromatic N) is 2. The van der Waals surface area contributed by atoms with Crippen LogP contribution in [-0.2, 0) is 4.79 Å². The predicted molar refractivity (Wildman–Crippen MR) is 156 cm³/mol. The van der Waals surface area contributed by atoms with E-state index in [-0.39, 0.29) is 34.1 Å². The average molecular weight is 564 g/mol. The van der Waals surface area contributed by atoms with E-state index in [1.807, 2.05) is 6.08 Å². The molecule has 4 atom stereocenters. The molecule has 11 heteroatoms. The molecule has 4 aliphatic rings. The van der Waals surface area contributed by atoms with Gasteiger partial charge in [-0.3, -0.25) is 29.5 Å². The van der Waals surface area contributed by atoms with E-state index < -0.39 is 21.5 Å². The zero-order valence-electron chi connectivity index (χ0n) is 21.6. The van der Waals surface area contributed by atoms with Crippen LogP contribution >= 0.6 is 11.8 Å². The summed E-state index contributed by atoms with van der Waals surface area (Å²) in [5.74, 6) is -0.112. The van der Waals surface area contributed by atoms with Crippen molar-refractivity contribution in [2.45, 2.75) is 23.8 Å². The average Bonchev–Trinajstić information content (AvgIpc) is 3.57. The Morgan fingerprint density at radius 1 is 1.07 bits per heavy atom. The van der Waals surface area contributed by atoms with E-state index in [9.17, 15) is 24.5 Å².